The molecule has 2 aromatic rings. The van der Waals surface area contributed by atoms with Gasteiger partial charge in [0.1, 0.15) is 0 Å². The zero-order chi connectivity index (χ0) is 14.8. The highest BCUT2D eigenvalue weighted by atomic mass is 35.5. The molecule has 0 spiro atoms. The topological polar surface area (TPSA) is 59.2 Å². The van der Waals surface area contributed by atoms with Crippen molar-refractivity contribution in [1.82, 2.24) is 15.0 Å². The Morgan fingerprint density at radius 1 is 1.38 bits per heavy atom. The van der Waals surface area contributed by atoms with Crippen LogP contribution in [0.1, 0.15) is 40.8 Å². The average molecular weight is 306 g/mol. The molecule has 6 heteroatoms. The van der Waals surface area contributed by atoms with Gasteiger partial charge in [-0.05, 0) is 44.0 Å². The molecular weight excluding hydrogens is 290 g/mol. The molecule has 1 aromatic carbocycles. The molecule has 1 aliphatic heterocycles. The lowest BCUT2D eigenvalue weighted by atomic mass is 9.97. The second kappa shape index (κ2) is 5.85. The fourth-order valence-electron chi connectivity index (χ4n) is 2.62. The van der Waals surface area contributed by atoms with Gasteiger partial charge in [-0.25, -0.2) is 0 Å². The number of benzene rings is 1. The predicted molar refractivity (Wildman–Crippen MR) is 78.4 cm³/mol. The molecule has 0 radical (unpaired) electrons. The fourth-order valence-corrected chi connectivity index (χ4v) is 2.74. The number of aryl methyl sites for hydroxylation is 1. The van der Waals surface area contributed by atoms with Crippen LogP contribution in [0.25, 0.3) is 0 Å². The lowest BCUT2D eigenvalue weighted by Gasteiger charge is -2.31. The average Bonchev–Trinajstić information content (AvgIpc) is 2.94. The van der Waals surface area contributed by atoms with Gasteiger partial charge in [0.05, 0.1) is 5.92 Å². The van der Waals surface area contributed by atoms with Gasteiger partial charge < -0.3 is 9.42 Å². The van der Waals surface area contributed by atoms with Crippen molar-refractivity contribution >= 4 is 17.5 Å². The Morgan fingerprint density at radius 2 is 2.14 bits per heavy atom. The zero-order valence-electron chi connectivity index (χ0n) is 11.8. The van der Waals surface area contributed by atoms with Gasteiger partial charge in [-0.1, -0.05) is 16.8 Å². The van der Waals surface area contributed by atoms with E-state index in [-0.39, 0.29) is 11.8 Å². The molecule has 5 nitrogen and oxygen atoms in total. The van der Waals surface area contributed by atoms with Gasteiger partial charge >= 0.3 is 0 Å². The van der Waals surface area contributed by atoms with Crippen LogP contribution >= 0.6 is 11.6 Å². The van der Waals surface area contributed by atoms with E-state index in [0.717, 1.165) is 19.4 Å². The van der Waals surface area contributed by atoms with Crippen molar-refractivity contribution in [3.63, 3.8) is 0 Å². The molecule has 1 amide bonds. The fraction of sp³-hybridized carbons (Fsp3) is 0.400. The molecule has 21 heavy (non-hydrogen) atoms. The van der Waals surface area contributed by atoms with Gasteiger partial charge in [-0.3, -0.25) is 4.79 Å². The summed E-state index contributed by atoms with van der Waals surface area (Å²) >= 11 is 5.86. The van der Waals surface area contributed by atoms with E-state index in [1.54, 1.807) is 31.2 Å². The van der Waals surface area contributed by atoms with Crippen LogP contribution in [0.15, 0.2) is 28.8 Å². The van der Waals surface area contributed by atoms with E-state index >= 15 is 0 Å². The number of piperidine rings is 1. The molecule has 0 aliphatic carbocycles. The van der Waals surface area contributed by atoms with E-state index in [1.165, 1.54) is 0 Å². The maximum Gasteiger partial charge on any atom is 0.253 e. The summed E-state index contributed by atoms with van der Waals surface area (Å²) in [4.78, 5) is 18.6. The maximum atomic E-state index is 12.5. The summed E-state index contributed by atoms with van der Waals surface area (Å²) in [6.07, 6.45) is 1.90. The predicted octanol–water partition coefficient (Wildman–Crippen LogP) is 3.05. The first-order chi connectivity index (χ1) is 10.1. The minimum atomic E-state index is 0.0209. The highest BCUT2D eigenvalue weighted by Gasteiger charge is 2.28. The number of likely N-dealkylation sites (tertiary alicyclic amines) is 1. The summed E-state index contributed by atoms with van der Waals surface area (Å²) in [5, 5.41) is 4.45. The smallest absolute Gasteiger partial charge is 0.253 e. The lowest BCUT2D eigenvalue weighted by Crippen LogP contribution is -2.39. The van der Waals surface area contributed by atoms with Crippen molar-refractivity contribution < 1.29 is 9.32 Å². The van der Waals surface area contributed by atoms with Crippen molar-refractivity contribution in [2.24, 2.45) is 0 Å². The third-order valence-corrected chi connectivity index (χ3v) is 3.94. The number of nitrogens with zero attached hydrogens (tertiary/aromatic N) is 3. The Balaban J connectivity index is 1.73. The Kier molecular flexibility index (Phi) is 3.92. The summed E-state index contributed by atoms with van der Waals surface area (Å²) in [7, 11) is 0. The Bertz CT molecular complexity index is 639. The molecule has 1 unspecified atom stereocenters. The molecular formula is C15H16ClN3O2. The highest BCUT2D eigenvalue weighted by Crippen LogP contribution is 2.26. The van der Waals surface area contributed by atoms with E-state index < -0.39 is 0 Å². The van der Waals surface area contributed by atoms with E-state index in [2.05, 4.69) is 10.1 Å². The molecule has 3 rings (SSSR count). The molecule has 0 bridgehead atoms. The number of carbonyl (C=O) groups excluding carboxylic acids is 1. The SMILES string of the molecule is Cc1noc(C2CCCN(C(=O)c3ccc(Cl)cc3)C2)n1. The summed E-state index contributed by atoms with van der Waals surface area (Å²) in [6, 6.07) is 6.98. The van der Waals surface area contributed by atoms with Crippen molar-refractivity contribution in [1.29, 1.82) is 0 Å². The van der Waals surface area contributed by atoms with Crippen molar-refractivity contribution in [2.45, 2.75) is 25.7 Å². The third kappa shape index (κ3) is 3.08. The summed E-state index contributed by atoms with van der Waals surface area (Å²) in [5.41, 5.74) is 0.654. The second-order valence-corrected chi connectivity index (χ2v) is 5.71. The van der Waals surface area contributed by atoms with Crippen LogP contribution in [-0.4, -0.2) is 34.0 Å². The summed E-state index contributed by atoms with van der Waals surface area (Å²) in [5.74, 6) is 1.40. The normalized spacial score (nSPS) is 18.8. The Labute approximate surface area is 127 Å². The molecule has 1 atom stereocenters. The molecule has 1 aliphatic rings. The first-order valence-corrected chi connectivity index (χ1v) is 7.36. The van der Waals surface area contributed by atoms with E-state index in [1.807, 2.05) is 4.90 Å². The molecule has 1 saturated heterocycles. The number of rotatable bonds is 2. The number of hydrogen-bond donors (Lipinski definition) is 0. The maximum absolute atomic E-state index is 12.5. The Hall–Kier alpha value is -1.88. The number of hydrogen-bond acceptors (Lipinski definition) is 4. The third-order valence-electron chi connectivity index (χ3n) is 3.69. The summed E-state index contributed by atoms with van der Waals surface area (Å²) in [6.45, 7) is 3.17. The molecule has 0 N–H and O–H groups in total. The van der Waals surface area contributed by atoms with Crippen LogP contribution in [0.5, 0.6) is 0 Å². The number of halogens is 1. The number of amides is 1. The van der Waals surface area contributed by atoms with Crippen LogP contribution < -0.4 is 0 Å². The van der Waals surface area contributed by atoms with E-state index in [4.69, 9.17) is 16.1 Å². The monoisotopic (exact) mass is 305 g/mol. The van der Waals surface area contributed by atoms with Gasteiger partial charge in [0.15, 0.2) is 5.82 Å². The van der Waals surface area contributed by atoms with Crippen LogP contribution in [0, 0.1) is 6.92 Å². The van der Waals surface area contributed by atoms with Crippen LogP contribution in [0.4, 0.5) is 0 Å². The zero-order valence-corrected chi connectivity index (χ0v) is 12.5. The van der Waals surface area contributed by atoms with Gasteiger partial charge in [0.2, 0.25) is 5.89 Å². The minimum Gasteiger partial charge on any atom is -0.339 e. The first-order valence-electron chi connectivity index (χ1n) is 6.98. The Morgan fingerprint density at radius 3 is 2.81 bits per heavy atom. The molecule has 2 heterocycles. The first kappa shape index (κ1) is 14.1. The van der Waals surface area contributed by atoms with Crippen molar-refractivity contribution in [3.05, 3.63) is 46.6 Å². The molecule has 0 saturated carbocycles. The van der Waals surface area contributed by atoms with Gasteiger partial charge in [-0.2, -0.15) is 4.98 Å². The van der Waals surface area contributed by atoms with Gasteiger partial charge in [-0.15, -0.1) is 0 Å². The van der Waals surface area contributed by atoms with Gasteiger partial charge in [0, 0.05) is 23.7 Å². The standard InChI is InChI=1S/C15H16ClN3O2/c1-10-17-14(21-18-10)12-3-2-8-19(9-12)15(20)11-4-6-13(16)7-5-11/h4-7,12H,2-3,8-9H2,1H3. The number of carbonyl (C=O) groups is 1. The molecule has 110 valence electrons. The lowest BCUT2D eigenvalue weighted by molar-refractivity contribution is 0.0695. The minimum absolute atomic E-state index is 0.0209. The van der Waals surface area contributed by atoms with Crippen molar-refractivity contribution in [2.75, 3.05) is 13.1 Å². The quantitative estimate of drug-likeness (QED) is 0.855. The van der Waals surface area contributed by atoms with E-state index in [0.29, 0.717) is 28.8 Å². The van der Waals surface area contributed by atoms with E-state index in [9.17, 15) is 4.79 Å². The van der Waals surface area contributed by atoms with Gasteiger partial charge in [0.25, 0.3) is 5.91 Å². The second-order valence-electron chi connectivity index (χ2n) is 5.28. The van der Waals surface area contributed by atoms with Crippen LogP contribution in [0.3, 0.4) is 0 Å². The largest absolute Gasteiger partial charge is 0.339 e. The summed E-state index contributed by atoms with van der Waals surface area (Å²) < 4.78 is 5.24. The highest BCUT2D eigenvalue weighted by molar-refractivity contribution is 6.30. The number of aromatic nitrogens is 2. The van der Waals surface area contributed by atoms with Crippen molar-refractivity contribution in [3.8, 4) is 0 Å². The van der Waals surface area contributed by atoms with Crippen LogP contribution in [0.2, 0.25) is 5.02 Å². The molecule has 1 aromatic heterocycles. The van der Waals surface area contributed by atoms with Crippen LogP contribution in [-0.2, 0) is 0 Å². The molecule has 1 fully saturated rings.